The van der Waals surface area contributed by atoms with Crippen LogP contribution in [-0.4, -0.2) is 11.1 Å². The van der Waals surface area contributed by atoms with E-state index >= 15 is 0 Å². The Hall–Kier alpha value is -1.91. The predicted octanol–water partition coefficient (Wildman–Crippen LogP) is 2.85. The van der Waals surface area contributed by atoms with Gasteiger partial charge in [-0.05, 0) is 23.6 Å². The van der Waals surface area contributed by atoms with E-state index < -0.39 is 0 Å². The molecule has 102 valence electrons. The molecular formula is C16H16N2OS. The van der Waals surface area contributed by atoms with Crippen LogP contribution in [0.3, 0.4) is 0 Å². The van der Waals surface area contributed by atoms with Gasteiger partial charge in [0.15, 0.2) is 5.43 Å². The van der Waals surface area contributed by atoms with Gasteiger partial charge in [-0.2, -0.15) is 0 Å². The minimum atomic E-state index is 0.0865. The van der Waals surface area contributed by atoms with E-state index in [-0.39, 0.29) is 5.43 Å². The molecule has 0 aliphatic rings. The first-order valence-electron chi connectivity index (χ1n) is 6.66. The quantitative estimate of drug-likeness (QED) is 0.731. The zero-order chi connectivity index (χ0) is 13.8. The average Bonchev–Trinajstić information content (AvgIpc) is 2.99. The number of thiophene rings is 1. The van der Waals surface area contributed by atoms with Crippen LogP contribution in [0.4, 0.5) is 0 Å². The largest absolute Gasteiger partial charge is 0.346 e. The number of hydrogen-bond acceptors (Lipinski definition) is 3. The molecule has 3 nitrogen and oxygen atoms in total. The molecule has 0 radical (unpaired) electrons. The van der Waals surface area contributed by atoms with Crippen LogP contribution in [0.1, 0.15) is 4.88 Å². The zero-order valence-corrected chi connectivity index (χ0v) is 11.9. The van der Waals surface area contributed by atoms with Gasteiger partial charge < -0.3 is 9.88 Å². The molecular weight excluding hydrogens is 268 g/mol. The molecule has 3 aromatic rings. The summed E-state index contributed by atoms with van der Waals surface area (Å²) < 4.78 is 2.12. The first-order chi connectivity index (χ1) is 9.84. The Labute approximate surface area is 121 Å². The Balaban J connectivity index is 1.69. The van der Waals surface area contributed by atoms with Crippen molar-refractivity contribution in [2.24, 2.45) is 0 Å². The highest BCUT2D eigenvalue weighted by Gasteiger charge is 2.01. The van der Waals surface area contributed by atoms with E-state index in [4.69, 9.17) is 0 Å². The smallest absolute Gasteiger partial charge is 0.189 e. The maximum Gasteiger partial charge on any atom is 0.189 e. The van der Waals surface area contributed by atoms with Crippen molar-refractivity contribution in [3.63, 3.8) is 0 Å². The Morgan fingerprint density at radius 1 is 1.10 bits per heavy atom. The van der Waals surface area contributed by atoms with Crippen LogP contribution in [-0.2, 0) is 13.1 Å². The summed E-state index contributed by atoms with van der Waals surface area (Å²) in [4.78, 5) is 13.1. The van der Waals surface area contributed by atoms with Crippen LogP contribution in [0.25, 0.3) is 10.9 Å². The summed E-state index contributed by atoms with van der Waals surface area (Å²) in [6.07, 6.45) is 1.87. The Morgan fingerprint density at radius 2 is 2.00 bits per heavy atom. The number of fused-ring (bicyclic) bond motifs is 1. The number of aromatic nitrogens is 1. The molecule has 20 heavy (non-hydrogen) atoms. The number of nitrogens with one attached hydrogen (secondary N) is 1. The third-order valence-electron chi connectivity index (χ3n) is 3.29. The minimum absolute atomic E-state index is 0.0865. The number of benzene rings is 1. The number of nitrogens with zero attached hydrogens (tertiary/aromatic N) is 1. The first-order valence-corrected chi connectivity index (χ1v) is 7.54. The fourth-order valence-corrected chi connectivity index (χ4v) is 2.95. The molecule has 1 aromatic carbocycles. The lowest BCUT2D eigenvalue weighted by Crippen LogP contribution is -2.20. The van der Waals surface area contributed by atoms with Crippen molar-refractivity contribution in [1.29, 1.82) is 0 Å². The van der Waals surface area contributed by atoms with Gasteiger partial charge in [-0.3, -0.25) is 4.79 Å². The molecule has 0 unspecified atom stereocenters. The molecule has 0 amide bonds. The van der Waals surface area contributed by atoms with Crippen LogP contribution in [0.2, 0.25) is 0 Å². The monoisotopic (exact) mass is 284 g/mol. The van der Waals surface area contributed by atoms with Gasteiger partial charge in [0.05, 0.1) is 5.52 Å². The standard InChI is InChI=1S/C16H16N2OS/c19-16-7-9-18(15-6-2-1-5-14(15)16)10-8-17-12-13-4-3-11-20-13/h1-7,9,11,17H,8,10,12H2. The number of para-hydroxylation sites is 1. The summed E-state index contributed by atoms with van der Waals surface area (Å²) in [6, 6.07) is 13.6. The van der Waals surface area contributed by atoms with E-state index in [1.165, 1.54) is 4.88 Å². The lowest BCUT2D eigenvalue weighted by molar-refractivity contribution is 0.610. The average molecular weight is 284 g/mol. The van der Waals surface area contributed by atoms with Gasteiger partial charge in [-0.25, -0.2) is 0 Å². The van der Waals surface area contributed by atoms with Crippen molar-refractivity contribution in [2.45, 2.75) is 13.1 Å². The van der Waals surface area contributed by atoms with Gasteiger partial charge in [-0.15, -0.1) is 11.3 Å². The fraction of sp³-hybridized carbons (Fsp3) is 0.188. The maximum atomic E-state index is 11.8. The van der Waals surface area contributed by atoms with Gasteiger partial charge in [0, 0.05) is 42.2 Å². The highest BCUT2D eigenvalue weighted by atomic mass is 32.1. The van der Waals surface area contributed by atoms with Crippen molar-refractivity contribution in [3.8, 4) is 0 Å². The van der Waals surface area contributed by atoms with Crippen molar-refractivity contribution in [1.82, 2.24) is 9.88 Å². The third-order valence-corrected chi connectivity index (χ3v) is 4.17. The van der Waals surface area contributed by atoms with Crippen molar-refractivity contribution in [2.75, 3.05) is 6.54 Å². The minimum Gasteiger partial charge on any atom is -0.346 e. The molecule has 0 aliphatic heterocycles. The molecule has 0 bridgehead atoms. The second kappa shape index (κ2) is 6.03. The Bertz CT molecular complexity index is 747. The highest BCUT2D eigenvalue weighted by molar-refractivity contribution is 7.09. The lowest BCUT2D eigenvalue weighted by atomic mass is 10.2. The van der Waals surface area contributed by atoms with E-state index in [0.717, 1.165) is 30.5 Å². The molecule has 2 heterocycles. The lowest BCUT2D eigenvalue weighted by Gasteiger charge is -2.11. The molecule has 4 heteroatoms. The SMILES string of the molecule is O=c1ccn(CCNCc2cccs2)c2ccccc12. The summed E-state index contributed by atoms with van der Waals surface area (Å²) in [7, 11) is 0. The predicted molar refractivity (Wildman–Crippen MR) is 84.2 cm³/mol. The molecule has 0 aliphatic carbocycles. The molecule has 3 rings (SSSR count). The zero-order valence-electron chi connectivity index (χ0n) is 11.1. The fourth-order valence-electron chi connectivity index (χ4n) is 2.28. The Morgan fingerprint density at radius 3 is 2.85 bits per heavy atom. The van der Waals surface area contributed by atoms with E-state index in [1.54, 1.807) is 17.4 Å². The number of rotatable bonds is 5. The normalized spacial score (nSPS) is 11.0. The molecule has 0 saturated carbocycles. The molecule has 0 fully saturated rings. The molecule has 1 N–H and O–H groups in total. The summed E-state index contributed by atoms with van der Waals surface area (Å²) in [6.45, 7) is 2.63. The summed E-state index contributed by atoms with van der Waals surface area (Å²) in [5.41, 5.74) is 1.08. The summed E-state index contributed by atoms with van der Waals surface area (Å²) in [5, 5.41) is 6.30. The van der Waals surface area contributed by atoms with E-state index in [0.29, 0.717) is 0 Å². The Kier molecular flexibility index (Phi) is 3.95. The molecule has 0 saturated heterocycles. The number of hydrogen-bond donors (Lipinski definition) is 1. The van der Waals surface area contributed by atoms with Crippen LogP contribution >= 0.6 is 11.3 Å². The summed E-state index contributed by atoms with van der Waals surface area (Å²) in [5.74, 6) is 0. The number of pyridine rings is 1. The van der Waals surface area contributed by atoms with E-state index in [9.17, 15) is 4.79 Å². The van der Waals surface area contributed by atoms with Crippen LogP contribution in [0, 0.1) is 0 Å². The van der Waals surface area contributed by atoms with Crippen LogP contribution < -0.4 is 10.7 Å². The van der Waals surface area contributed by atoms with Gasteiger partial charge in [0.2, 0.25) is 0 Å². The molecule has 0 spiro atoms. The highest BCUT2D eigenvalue weighted by Crippen LogP contribution is 2.09. The van der Waals surface area contributed by atoms with Crippen molar-refractivity contribution in [3.05, 3.63) is 69.1 Å². The second-order valence-corrected chi connectivity index (χ2v) is 5.68. The molecule has 0 atom stereocenters. The van der Waals surface area contributed by atoms with Gasteiger partial charge >= 0.3 is 0 Å². The third kappa shape index (κ3) is 2.81. The molecule has 2 aromatic heterocycles. The maximum absolute atomic E-state index is 11.8. The van der Waals surface area contributed by atoms with Crippen molar-refractivity contribution >= 4 is 22.2 Å². The van der Waals surface area contributed by atoms with E-state index in [2.05, 4.69) is 27.4 Å². The van der Waals surface area contributed by atoms with Gasteiger partial charge in [0.1, 0.15) is 0 Å². The van der Waals surface area contributed by atoms with Crippen LogP contribution in [0.5, 0.6) is 0 Å². The van der Waals surface area contributed by atoms with Crippen molar-refractivity contribution < 1.29 is 0 Å². The second-order valence-electron chi connectivity index (χ2n) is 4.65. The first kappa shape index (κ1) is 13.1. The van der Waals surface area contributed by atoms with E-state index in [1.807, 2.05) is 30.5 Å². The van der Waals surface area contributed by atoms with Gasteiger partial charge in [0.25, 0.3) is 0 Å². The summed E-state index contributed by atoms with van der Waals surface area (Å²) >= 11 is 1.76. The van der Waals surface area contributed by atoms with Crippen LogP contribution in [0.15, 0.2) is 58.8 Å². The van der Waals surface area contributed by atoms with Gasteiger partial charge in [-0.1, -0.05) is 18.2 Å². The topological polar surface area (TPSA) is 34.0 Å².